The number of fused-ring (bicyclic) bond motifs is 1. The average molecular weight is 337 g/mol. The van der Waals surface area contributed by atoms with Gasteiger partial charge >= 0.3 is 0 Å². The Morgan fingerprint density at radius 2 is 1.80 bits per heavy atom. The van der Waals surface area contributed by atoms with Crippen LogP contribution in [0.2, 0.25) is 0 Å². The van der Waals surface area contributed by atoms with Crippen LogP contribution in [0.4, 0.5) is 5.69 Å². The molecule has 130 valence electrons. The van der Waals surface area contributed by atoms with E-state index in [1.54, 1.807) is 11.8 Å². The summed E-state index contributed by atoms with van der Waals surface area (Å²) in [6, 6.07) is 15.0. The number of rotatable bonds is 5. The van der Waals surface area contributed by atoms with Gasteiger partial charge in [-0.05, 0) is 36.1 Å². The Hall–Kier alpha value is -2.66. The molecule has 3 rings (SSSR count). The van der Waals surface area contributed by atoms with Crippen molar-refractivity contribution in [1.29, 1.82) is 0 Å². The number of hydrogen-bond acceptors (Lipinski definition) is 3. The minimum atomic E-state index is -0.554. The molecule has 2 aromatic carbocycles. The number of hydrogen-bond donors (Lipinski definition) is 2. The zero-order chi connectivity index (χ0) is 17.8. The monoisotopic (exact) mass is 337 g/mol. The molecule has 1 heterocycles. The lowest BCUT2D eigenvalue weighted by molar-refractivity contribution is -0.126. The van der Waals surface area contributed by atoms with Crippen LogP contribution in [-0.4, -0.2) is 24.4 Å². The van der Waals surface area contributed by atoms with Gasteiger partial charge in [0.1, 0.15) is 6.04 Å². The van der Waals surface area contributed by atoms with E-state index in [-0.39, 0.29) is 18.2 Å². The SMILES string of the molecule is CC(NC(=O)Cc1ccc(CN)cc1)C(=O)N1CCc2ccccc21. The fraction of sp³-hybridized carbons (Fsp3) is 0.300. The zero-order valence-corrected chi connectivity index (χ0v) is 14.4. The predicted molar refractivity (Wildman–Crippen MR) is 98.1 cm³/mol. The Balaban J connectivity index is 1.58. The summed E-state index contributed by atoms with van der Waals surface area (Å²) in [7, 11) is 0. The molecule has 1 aliphatic heterocycles. The van der Waals surface area contributed by atoms with Crippen molar-refractivity contribution in [3.05, 3.63) is 65.2 Å². The number of amides is 2. The maximum absolute atomic E-state index is 12.7. The first kappa shape index (κ1) is 17.2. The Morgan fingerprint density at radius 1 is 1.12 bits per heavy atom. The largest absolute Gasteiger partial charge is 0.344 e. The molecule has 0 bridgehead atoms. The second-order valence-electron chi connectivity index (χ2n) is 6.36. The first-order chi connectivity index (χ1) is 12.1. The molecule has 0 spiro atoms. The van der Waals surface area contributed by atoms with Crippen molar-refractivity contribution in [1.82, 2.24) is 5.32 Å². The number of para-hydroxylation sites is 1. The Kier molecular flexibility index (Phi) is 5.14. The van der Waals surface area contributed by atoms with Crippen LogP contribution in [0, 0.1) is 0 Å². The smallest absolute Gasteiger partial charge is 0.249 e. The van der Waals surface area contributed by atoms with Gasteiger partial charge < -0.3 is 16.0 Å². The van der Waals surface area contributed by atoms with E-state index in [0.29, 0.717) is 13.1 Å². The first-order valence-corrected chi connectivity index (χ1v) is 8.55. The highest BCUT2D eigenvalue weighted by atomic mass is 16.2. The number of anilines is 1. The van der Waals surface area contributed by atoms with Crippen LogP contribution < -0.4 is 16.0 Å². The Morgan fingerprint density at radius 3 is 2.52 bits per heavy atom. The summed E-state index contributed by atoms with van der Waals surface area (Å²) in [6.45, 7) is 2.88. The van der Waals surface area contributed by atoms with E-state index in [0.717, 1.165) is 23.2 Å². The van der Waals surface area contributed by atoms with E-state index >= 15 is 0 Å². The normalized spacial score (nSPS) is 14.1. The van der Waals surface area contributed by atoms with Crippen molar-refractivity contribution in [2.75, 3.05) is 11.4 Å². The van der Waals surface area contributed by atoms with Gasteiger partial charge in [-0.2, -0.15) is 0 Å². The molecule has 3 N–H and O–H groups in total. The van der Waals surface area contributed by atoms with Gasteiger partial charge in [0.25, 0.3) is 0 Å². The van der Waals surface area contributed by atoms with Gasteiger partial charge in [-0.15, -0.1) is 0 Å². The predicted octanol–water partition coefficient (Wildman–Crippen LogP) is 1.78. The quantitative estimate of drug-likeness (QED) is 0.873. The van der Waals surface area contributed by atoms with E-state index in [1.807, 2.05) is 48.5 Å². The van der Waals surface area contributed by atoms with Crippen LogP contribution >= 0.6 is 0 Å². The lowest BCUT2D eigenvalue weighted by atomic mass is 10.1. The third kappa shape index (κ3) is 3.88. The molecule has 0 fully saturated rings. The summed E-state index contributed by atoms with van der Waals surface area (Å²) in [5, 5.41) is 2.81. The molecule has 5 nitrogen and oxygen atoms in total. The second-order valence-corrected chi connectivity index (χ2v) is 6.36. The van der Waals surface area contributed by atoms with Crippen LogP contribution in [0.3, 0.4) is 0 Å². The van der Waals surface area contributed by atoms with Crippen molar-refractivity contribution in [2.24, 2.45) is 5.73 Å². The molecule has 5 heteroatoms. The molecule has 1 aliphatic rings. The highest BCUT2D eigenvalue weighted by Gasteiger charge is 2.28. The number of carbonyl (C=O) groups excluding carboxylic acids is 2. The molecule has 1 unspecified atom stereocenters. The molecule has 0 aliphatic carbocycles. The van der Waals surface area contributed by atoms with E-state index in [9.17, 15) is 9.59 Å². The van der Waals surface area contributed by atoms with Gasteiger partial charge in [0.15, 0.2) is 0 Å². The standard InChI is InChI=1S/C20H23N3O2/c1-14(20(25)23-11-10-17-4-2-3-5-18(17)23)22-19(24)12-15-6-8-16(13-21)9-7-15/h2-9,14H,10-13,21H2,1H3,(H,22,24). The van der Waals surface area contributed by atoms with Crippen LogP contribution in [0.25, 0.3) is 0 Å². The van der Waals surface area contributed by atoms with Gasteiger partial charge in [0, 0.05) is 18.8 Å². The third-order valence-electron chi connectivity index (χ3n) is 4.52. The van der Waals surface area contributed by atoms with Crippen LogP contribution in [0.15, 0.2) is 48.5 Å². The van der Waals surface area contributed by atoms with Gasteiger partial charge in [-0.25, -0.2) is 0 Å². The lowest BCUT2D eigenvalue weighted by Gasteiger charge is -2.22. The molecule has 2 amide bonds. The maximum Gasteiger partial charge on any atom is 0.249 e. The highest BCUT2D eigenvalue weighted by molar-refractivity contribution is 6.00. The Labute approximate surface area is 147 Å². The second kappa shape index (κ2) is 7.49. The molecule has 0 saturated heterocycles. The van der Waals surface area contributed by atoms with Crippen molar-refractivity contribution < 1.29 is 9.59 Å². The number of benzene rings is 2. The maximum atomic E-state index is 12.7. The fourth-order valence-corrected chi connectivity index (χ4v) is 3.13. The molecule has 0 saturated carbocycles. The summed E-state index contributed by atoms with van der Waals surface area (Å²) in [6.07, 6.45) is 1.11. The summed E-state index contributed by atoms with van der Waals surface area (Å²) < 4.78 is 0. The minimum Gasteiger partial charge on any atom is -0.344 e. The molecule has 0 radical (unpaired) electrons. The van der Waals surface area contributed by atoms with Gasteiger partial charge in [0.05, 0.1) is 6.42 Å². The van der Waals surface area contributed by atoms with Gasteiger partial charge in [-0.1, -0.05) is 42.5 Å². The van der Waals surface area contributed by atoms with Crippen LogP contribution in [0.1, 0.15) is 23.6 Å². The minimum absolute atomic E-state index is 0.0724. The van der Waals surface area contributed by atoms with E-state index in [2.05, 4.69) is 5.32 Å². The number of carbonyl (C=O) groups is 2. The first-order valence-electron chi connectivity index (χ1n) is 8.55. The molecule has 2 aromatic rings. The highest BCUT2D eigenvalue weighted by Crippen LogP contribution is 2.27. The topological polar surface area (TPSA) is 75.4 Å². The third-order valence-corrected chi connectivity index (χ3v) is 4.52. The van der Waals surface area contributed by atoms with Crippen molar-refractivity contribution in [3.63, 3.8) is 0 Å². The number of nitrogens with one attached hydrogen (secondary N) is 1. The fourth-order valence-electron chi connectivity index (χ4n) is 3.13. The van der Waals surface area contributed by atoms with Gasteiger partial charge in [0.2, 0.25) is 11.8 Å². The summed E-state index contributed by atoms with van der Waals surface area (Å²) in [5.41, 5.74) is 9.63. The van der Waals surface area contributed by atoms with Crippen molar-refractivity contribution in [3.8, 4) is 0 Å². The number of nitrogens with two attached hydrogens (primary N) is 1. The van der Waals surface area contributed by atoms with Crippen LogP contribution in [-0.2, 0) is 29.0 Å². The summed E-state index contributed by atoms with van der Waals surface area (Å²) in [4.78, 5) is 26.7. The molecular weight excluding hydrogens is 314 g/mol. The van der Waals surface area contributed by atoms with Crippen LogP contribution in [0.5, 0.6) is 0 Å². The van der Waals surface area contributed by atoms with Gasteiger partial charge in [-0.3, -0.25) is 9.59 Å². The summed E-state index contributed by atoms with van der Waals surface area (Å²) >= 11 is 0. The summed E-state index contributed by atoms with van der Waals surface area (Å²) in [5.74, 6) is -0.231. The van der Waals surface area contributed by atoms with E-state index < -0.39 is 6.04 Å². The Bertz CT molecular complexity index is 771. The zero-order valence-electron chi connectivity index (χ0n) is 14.4. The van der Waals surface area contributed by atoms with E-state index in [4.69, 9.17) is 5.73 Å². The molecule has 25 heavy (non-hydrogen) atoms. The molecule has 1 atom stereocenters. The molecular formula is C20H23N3O2. The van der Waals surface area contributed by atoms with E-state index in [1.165, 1.54) is 5.56 Å². The number of nitrogens with zero attached hydrogens (tertiary/aromatic N) is 1. The lowest BCUT2D eigenvalue weighted by Crippen LogP contribution is -2.47. The average Bonchev–Trinajstić information content (AvgIpc) is 3.05. The van der Waals surface area contributed by atoms with Crippen molar-refractivity contribution in [2.45, 2.75) is 32.4 Å². The molecule has 0 aromatic heterocycles. The van der Waals surface area contributed by atoms with Crippen molar-refractivity contribution >= 4 is 17.5 Å².